The highest BCUT2D eigenvalue weighted by Gasteiger charge is 2.34. The summed E-state index contributed by atoms with van der Waals surface area (Å²) < 4.78 is 11.0. The molecular formula is C19H35N5O2. The van der Waals surface area contributed by atoms with Crippen LogP contribution in [-0.2, 0) is 11.3 Å². The van der Waals surface area contributed by atoms with Crippen molar-refractivity contribution in [3.05, 3.63) is 17.5 Å². The van der Waals surface area contributed by atoms with Gasteiger partial charge in [-0.25, -0.2) is 0 Å². The molecule has 0 aromatic carbocycles. The third-order valence-corrected chi connectivity index (χ3v) is 5.59. The number of aromatic nitrogens is 1. The van der Waals surface area contributed by atoms with Gasteiger partial charge in [-0.05, 0) is 39.8 Å². The SMILES string of the molecule is CCC(CC)c1cc(CNC(=NC)NCC2(N(C)C)CCOCC2)on1. The van der Waals surface area contributed by atoms with Crippen molar-refractivity contribution in [3.8, 4) is 0 Å². The van der Waals surface area contributed by atoms with Gasteiger partial charge in [0.15, 0.2) is 11.7 Å². The van der Waals surface area contributed by atoms with Crippen molar-refractivity contribution >= 4 is 5.96 Å². The summed E-state index contributed by atoms with van der Waals surface area (Å²) in [6, 6.07) is 2.05. The number of hydrogen-bond donors (Lipinski definition) is 2. The zero-order valence-electron chi connectivity index (χ0n) is 17.0. The molecule has 1 aromatic heterocycles. The molecule has 1 aromatic rings. The third-order valence-electron chi connectivity index (χ3n) is 5.59. The summed E-state index contributed by atoms with van der Waals surface area (Å²) >= 11 is 0. The molecule has 0 aliphatic carbocycles. The van der Waals surface area contributed by atoms with E-state index in [1.54, 1.807) is 7.05 Å². The van der Waals surface area contributed by atoms with Crippen LogP contribution in [0, 0.1) is 0 Å². The second kappa shape index (κ2) is 9.92. The van der Waals surface area contributed by atoms with Crippen molar-refractivity contribution in [1.29, 1.82) is 0 Å². The number of likely N-dealkylation sites (N-methyl/N-ethyl adjacent to an activating group) is 1. The van der Waals surface area contributed by atoms with Crippen LogP contribution >= 0.6 is 0 Å². The molecule has 1 fully saturated rings. The first-order valence-electron chi connectivity index (χ1n) is 9.69. The fourth-order valence-electron chi connectivity index (χ4n) is 3.48. The Morgan fingerprint density at radius 2 is 1.96 bits per heavy atom. The molecule has 0 amide bonds. The maximum Gasteiger partial charge on any atom is 0.191 e. The predicted molar refractivity (Wildman–Crippen MR) is 104 cm³/mol. The van der Waals surface area contributed by atoms with Gasteiger partial charge in [0.2, 0.25) is 0 Å². The molecule has 148 valence electrons. The number of guanidine groups is 1. The van der Waals surface area contributed by atoms with Crippen LogP contribution in [0.3, 0.4) is 0 Å². The zero-order chi connectivity index (χ0) is 19.0. The minimum atomic E-state index is 0.102. The summed E-state index contributed by atoms with van der Waals surface area (Å²) in [7, 11) is 6.06. The Labute approximate surface area is 157 Å². The third kappa shape index (κ3) is 5.20. The van der Waals surface area contributed by atoms with E-state index in [-0.39, 0.29) is 5.54 Å². The smallest absolute Gasteiger partial charge is 0.191 e. The van der Waals surface area contributed by atoms with Crippen molar-refractivity contribution < 1.29 is 9.26 Å². The van der Waals surface area contributed by atoms with E-state index >= 15 is 0 Å². The van der Waals surface area contributed by atoms with Gasteiger partial charge in [0.1, 0.15) is 0 Å². The van der Waals surface area contributed by atoms with E-state index in [0.29, 0.717) is 12.5 Å². The lowest BCUT2D eigenvalue weighted by Crippen LogP contribution is -2.57. The summed E-state index contributed by atoms with van der Waals surface area (Å²) in [4.78, 5) is 6.63. The number of ether oxygens (including phenoxy) is 1. The molecule has 0 bridgehead atoms. The first-order chi connectivity index (χ1) is 12.5. The lowest BCUT2D eigenvalue weighted by atomic mass is 9.88. The Hall–Kier alpha value is -1.60. The monoisotopic (exact) mass is 365 g/mol. The summed E-state index contributed by atoms with van der Waals surface area (Å²) in [5.74, 6) is 2.08. The van der Waals surface area contributed by atoms with Crippen molar-refractivity contribution in [3.63, 3.8) is 0 Å². The van der Waals surface area contributed by atoms with Crippen molar-refractivity contribution in [1.82, 2.24) is 20.7 Å². The summed E-state index contributed by atoms with van der Waals surface area (Å²) in [5, 5.41) is 11.0. The Balaban J connectivity index is 1.88. The van der Waals surface area contributed by atoms with Crippen molar-refractivity contribution in [2.45, 2.75) is 57.5 Å². The lowest BCUT2D eigenvalue weighted by molar-refractivity contribution is -0.00501. The van der Waals surface area contributed by atoms with Crippen LogP contribution in [0.5, 0.6) is 0 Å². The molecule has 2 N–H and O–H groups in total. The molecule has 1 saturated heterocycles. The van der Waals surface area contributed by atoms with E-state index in [4.69, 9.17) is 9.26 Å². The van der Waals surface area contributed by atoms with Crippen LogP contribution in [0.15, 0.2) is 15.6 Å². The van der Waals surface area contributed by atoms with E-state index in [0.717, 1.165) is 62.9 Å². The van der Waals surface area contributed by atoms with E-state index in [2.05, 4.69) is 59.7 Å². The maximum absolute atomic E-state index is 5.53. The number of rotatable bonds is 8. The zero-order valence-corrected chi connectivity index (χ0v) is 17.0. The molecule has 0 unspecified atom stereocenters. The molecule has 0 saturated carbocycles. The van der Waals surface area contributed by atoms with Crippen LogP contribution in [0.4, 0.5) is 0 Å². The second-order valence-electron chi connectivity index (χ2n) is 7.24. The van der Waals surface area contributed by atoms with Gasteiger partial charge in [0.05, 0.1) is 12.2 Å². The number of aliphatic imine (C=N–C) groups is 1. The van der Waals surface area contributed by atoms with E-state index in [9.17, 15) is 0 Å². The van der Waals surface area contributed by atoms with Gasteiger partial charge in [-0.15, -0.1) is 0 Å². The van der Waals surface area contributed by atoms with E-state index in [1.165, 1.54) is 0 Å². The average molecular weight is 366 g/mol. The Morgan fingerprint density at radius 1 is 1.27 bits per heavy atom. The topological polar surface area (TPSA) is 74.9 Å². The largest absolute Gasteiger partial charge is 0.381 e. The van der Waals surface area contributed by atoms with Gasteiger partial charge in [-0.1, -0.05) is 19.0 Å². The van der Waals surface area contributed by atoms with E-state index in [1.807, 2.05) is 0 Å². The lowest BCUT2D eigenvalue weighted by Gasteiger charge is -2.43. The molecule has 0 spiro atoms. The van der Waals surface area contributed by atoms with Crippen LogP contribution in [0.1, 0.15) is 56.9 Å². The molecule has 2 rings (SSSR count). The fourth-order valence-corrected chi connectivity index (χ4v) is 3.48. The van der Waals surface area contributed by atoms with Crippen LogP contribution in [0.2, 0.25) is 0 Å². The first-order valence-corrected chi connectivity index (χ1v) is 9.69. The number of nitrogens with one attached hydrogen (secondary N) is 2. The minimum Gasteiger partial charge on any atom is -0.381 e. The second-order valence-corrected chi connectivity index (χ2v) is 7.24. The van der Waals surface area contributed by atoms with Crippen molar-refractivity contribution in [2.24, 2.45) is 4.99 Å². The standard InChI is InChI=1S/C19H35N5O2/c1-6-15(7-2)17-12-16(26-23-17)13-21-18(20-3)22-14-19(24(4)5)8-10-25-11-9-19/h12,15H,6-11,13-14H2,1-5H3,(H2,20,21,22). The van der Waals surface area contributed by atoms with Gasteiger partial charge in [0, 0.05) is 44.3 Å². The summed E-state index contributed by atoms with van der Waals surface area (Å²) in [6.07, 6.45) is 4.20. The van der Waals surface area contributed by atoms with Gasteiger partial charge < -0.3 is 24.8 Å². The number of nitrogens with zero attached hydrogens (tertiary/aromatic N) is 3. The normalized spacial score (nSPS) is 17.7. The van der Waals surface area contributed by atoms with E-state index < -0.39 is 0 Å². The maximum atomic E-state index is 5.53. The minimum absolute atomic E-state index is 0.102. The highest BCUT2D eigenvalue weighted by molar-refractivity contribution is 5.79. The molecule has 7 heteroatoms. The Kier molecular flexibility index (Phi) is 7.90. The number of hydrogen-bond acceptors (Lipinski definition) is 5. The molecule has 26 heavy (non-hydrogen) atoms. The molecule has 0 radical (unpaired) electrons. The van der Waals surface area contributed by atoms with Crippen molar-refractivity contribution in [2.75, 3.05) is 40.9 Å². The Bertz CT molecular complexity index is 560. The average Bonchev–Trinajstić information content (AvgIpc) is 3.12. The van der Waals surface area contributed by atoms with Gasteiger partial charge >= 0.3 is 0 Å². The fraction of sp³-hybridized carbons (Fsp3) is 0.789. The molecule has 0 atom stereocenters. The predicted octanol–water partition coefficient (Wildman–Crippen LogP) is 2.35. The highest BCUT2D eigenvalue weighted by Crippen LogP contribution is 2.25. The van der Waals surface area contributed by atoms with Crippen LogP contribution in [-0.4, -0.2) is 62.5 Å². The molecule has 1 aliphatic heterocycles. The molecular weight excluding hydrogens is 330 g/mol. The molecule has 2 heterocycles. The van der Waals surface area contributed by atoms with Crippen LogP contribution < -0.4 is 10.6 Å². The van der Waals surface area contributed by atoms with Crippen LogP contribution in [0.25, 0.3) is 0 Å². The summed E-state index contributed by atoms with van der Waals surface area (Å²) in [6.45, 7) is 7.39. The molecule has 1 aliphatic rings. The molecule has 7 nitrogen and oxygen atoms in total. The summed E-state index contributed by atoms with van der Waals surface area (Å²) in [5.41, 5.74) is 1.15. The van der Waals surface area contributed by atoms with Gasteiger partial charge in [-0.3, -0.25) is 4.99 Å². The van der Waals surface area contributed by atoms with Gasteiger partial charge in [-0.2, -0.15) is 0 Å². The Morgan fingerprint density at radius 3 is 2.54 bits per heavy atom. The van der Waals surface area contributed by atoms with Gasteiger partial charge in [0.25, 0.3) is 0 Å². The quantitative estimate of drug-likeness (QED) is 0.544. The first kappa shape index (κ1) is 20.7. The highest BCUT2D eigenvalue weighted by atomic mass is 16.5.